The van der Waals surface area contributed by atoms with Crippen LogP contribution in [0.3, 0.4) is 0 Å². The number of hydrogen-bond acceptors (Lipinski definition) is 4. The van der Waals surface area contributed by atoms with Crippen LogP contribution in [-0.4, -0.2) is 53.2 Å². The number of hydrogen-bond donors (Lipinski definition) is 1. The van der Waals surface area contributed by atoms with Crippen molar-refractivity contribution in [1.82, 2.24) is 9.88 Å². The molecule has 2 aromatic rings. The van der Waals surface area contributed by atoms with E-state index in [1.54, 1.807) is 24.2 Å². The Balaban J connectivity index is 1.55. The number of carbonyl (C=O) groups is 1. The molecule has 0 radical (unpaired) electrons. The molecule has 3 heterocycles. The number of halogens is 2. The van der Waals surface area contributed by atoms with Crippen LogP contribution in [0.5, 0.6) is 0 Å². The minimum absolute atomic E-state index is 0.0966. The van der Waals surface area contributed by atoms with Crippen LogP contribution in [0.1, 0.15) is 31.2 Å². The molecule has 7 heteroatoms. The summed E-state index contributed by atoms with van der Waals surface area (Å²) in [4.78, 5) is 21.6. The fraction of sp³-hybridized carbons (Fsp3) is 0.500. The number of pyridine rings is 1. The van der Waals surface area contributed by atoms with Crippen LogP contribution in [0.25, 0.3) is 10.9 Å². The lowest BCUT2D eigenvalue weighted by Gasteiger charge is -2.51. The van der Waals surface area contributed by atoms with Crippen LogP contribution in [0, 0.1) is 5.82 Å². The van der Waals surface area contributed by atoms with E-state index in [0.717, 1.165) is 42.3 Å². The maximum atomic E-state index is 14.0. The van der Waals surface area contributed by atoms with Crippen LogP contribution < -0.4 is 4.90 Å². The Morgan fingerprint density at radius 1 is 1.26 bits per heavy atom. The van der Waals surface area contributed by atoms with E-state index in [1.807, 2.05) is 0 Å². The highest BCUT2D eigenvalue weighted by Gasteiger charge is 2.59. The van der Waals surface area contributed by atoms with Crippen molar-refractivity contribution in [3.63, 3.8) is 0 Å². The zero-order valence-corrected chi connectivity index (χ0v) is 16.7. The highest BCUT2D eigenvalue weighted by atomic mass is 79.9. The van der Waals surface area contributed by atoms with Gasteiger partial charge in [-0.1, -0.05) is 0 Å². The summed E-state index contributed by atoms with van der Waals surface area (Å²) in [7, 11) is 1.79. The molecule has 1 amide bonds. The Morgan fingerprint density at radius 2 is 1.96 bits per heavy atom. The Morgan fingerprint density at radius 3 is 2.67 bits per heavy atom. The van der Waals surface area contributed by atoms with Gasteiger partial charge in [0.05, 0.1) is 28.0 Å². The lowest BCUT2D eigenvalue weighted by molar-refractivity contribution is -0.131. The SMILES string of the molecule is CN1C(=O)C2(CN([C@H]3CC[C@H](O)CC3)C2)c2c1cnc1cc(F)c(Br)cc21. The number of carbonyl (C=O) groups excluding carboxylic acids is 1. The van der Waals surface area contributed by atoms with E-state index >= 15 is 0 Å². The topological polar surface area (TPSA) is 56.7 Å². The number of rotatable bonds is 1. The molecule has 1 aromatic heterocycles. The number of likely N-dealkylation sites (N-methyl/N-ethyl adjacent to an activating group) is 1. The summed E-state index contributed by atoms with van der Waals surface area (Å²) < 4.78 is 14.4. The second-order valence-electron chi connectivity index (χ2n) is 8.12. The summed E-state index contributed by atoms with van der Waals surface area (Å²) in [6.45, 7) is 1.36. The summed E-state index contributed by atoms with van der Waals surface area (Å²) >= 11 is 3.28. The Labute approximate surface area is 165 Å². The van der Waals surface area contributed by atoms with Crippen molar-refractivity contribution in [1.29, 1.82) is 0 Å². The standard InChI is InChI=1S/C20H21BrFN3O2/c1-24-17-8-23-16-7-15(22)14(21)6-13(16)18(17)20(19(24)27)9-25(10-20)11-2-4-12(26)5-3-11/h6-8,11-12,26H,2-5,9-10H2,1H3/t11-,12-. The first-order chi connectivity index (χ1) is 12.9. The molecule has 2 aliphatic heterocycles. The highest BCUT2D eigenvalue weighted by molar-refractivity contribution is 9.10. The molecule has 1 aromatic carbocycles. The second-order valence-corrected chi connectivity index (χ2v) is 8.97. The van der Waals surface area contributed by atoms with E-state index in [-0.39, 0.29) is 17.8 Å². The first kappa shape index (κ1) is 17.5. The third kappa shape index (κ3) is 2.41. The largest absolute Gasteiger partial charge is 0.393 e. The monoisotopic (exact) mass is 433 g/mol. The smallest absolute Gasteiger partial charge is 0.240 e. The van der Waals surface area contributed by atoms with Gasteiger partial charge in [-0.3, -0.25) is 14.7 Å². The van der Waals surface area contributed by atoms with Crippen molar-refractivity contribution in [3.8, 4) is 0 Å². The van der Waals surface area contributed by atoms with E-state index in [2.05, 4.69) is 25.8 Å². The van der Waals surface area contributed by atoms with Gasteiger partial charge in [0, 0.05) is 43.2 Å². The number of aromatic nitrogens is 1. The van der Waals surface area contributed by atoms with Gasteiger partial charge in [-0.05, 0) is 47.7 Å². The lowest BCUT2D eigenvalue weighted by Crippen LogP contribution is -2.66. The fourth-order valence-corrected chi connectivity index (χ4v) is 5.44. The van der Waals surface area contributed by atoms with Gasteiger partial charge < -0.3 is 10.0 Å². The summed E-state index contributed by atoms with van der Waals surface area (Å²) in [5.74, 6) is -0.253. The van der Waals surface area contributed by atoms with Gasteiger partial charge >= 0.3 is 0 Å². The number of nitrogens with zero attached hydrogens (tertiary/aromatic N) is 3. The zero-order valence-electron chi connectivity index (χ0n) is 15.1. The van der Waals surface area contributed by atoms with Gasteiger partial charge in [0.25, 0.3) is 0 Å². The molecule has 0 unspecified atom stereocenters. The summed E-state index contributed by atoms with van der Waals surface area (Å²) in [6, 6.07) is 3.61. The normalized spacial score (nSPS) is 27.3. The van der Waals surface area contributed by atoms with Gasteiger partial charge in [0.2, 0.25) is 5.91 Å². The number of anilines is 1. The predicted molar refractivity (Wildman–Crippen MR) is 104 cm³/mol. The molecule has 5 rings (SSSR count). The second kappa shape index (κ2) is 5.96. The van der Waals surface area contributed by atoms with Crippen molar-refractivity contribution in [3.05, 3.63) is 34.2 Å². The van der Waals surface area contributed by atoms with E-state index in [9.17, 15) is 14.3 Å². The third-order valence-corrected chi connectivity index (χ3v) is 7.18. The number of benzene rings is 1. The fourth-order valence-electron chi connectivity index (χ4n) is 5.09. The van der Waals surface area contributed by atoms with Crippen molar-refractivity contribution >= 4 is 38.4 Å². The molecule has 2 fully saturated rings. The Hall–Kier alpha value is -1.57. The molecule has 3 aliphatic rings. The van der Waals surface area contributed by atoms with Gasteiger partial charge in [0.1, 0.15) is 11.2 Å². The van der Waals surface area contributed by atoms with Gasteiger partial charge in [-0.25, -0.2) is 4.39 Å². The van der Waals surface area contributed by atoms with Crippen molar-refractivity contribution in [2.45, 2.75) is 43.2 Å². The maximum Gasteiger partial charge on any atom is 0.240 e. The predicted octanol–water partition coefficient (Wildman–Crippen LogP) is 2.97. The van der Waals surface area contributed by atoms with Gasteiger partial charge in [-0.15, -0.1) is 0 Å². The molecule has 1 N–H and O–H groups in total. The van der Waals surface area contributed by atoms with Crippen LogP contribution in [0.15, 0.2) is 22.8 Å². The third-order valence-electron chi connectivity index (χ3n) is 6.57. The average molecular weight is 434 g/mol. The molecule has 5 nitrogen and oxygen atoms in total. The summed E-state index contributed by atoms with van der Waals surface area (Å²) in [6.07, 6.45) is 5.12. The summed E-state index contributed by atoms with van der Waals surface area (Å²) in [5, 5.41) is 10.6. The first-order valence-corrected chi connectivity index (χ1v) is 10.2. The molecule has 1 aliphatic carbocycles. The molecule has 0 atom stereocenters. The van der Waals surface area contributed by atoms with Gasteiger partial charge in [-0.2, -0.15) is 0 Å². The molecule has 1 spiro atoms. The highest BCUT2D eigenvalue weighted by Crippen LogP contribution is 2.51. The van der Waals surface area contributed by atoms with Crippen LogP contribution in [0.4, 0.5) is 10.1 Å². The quantitative estimate of drug-likeness (QED) is 0.750. The first-order valence-electron chi connectivity index (χ1n) is 9.39. The molecule has 27 heavy (non-hydrogen) atoms. The molecular formula is C20H21BrFN3O2. The summed E-state index contributed by atoms with van der Waals surface area (Å²) in [5.41, 5.74) is 1.81. The average Bonchev–Trinajstić information content (AvgIpc) is 2.84. The van der Waals surface area contributed by atoms with Gasteiger partial charge in [0.15, 0.2) is 0 Å². The van der Waals surface area contributed by atoms with Crippen LogP contribution in [0.2, 0.25) is 0 Å². The molecule has 0 bridgehead atoms. The van der Waals surface area contributed by atoms with Crippen molar-refractivity contribution in [2.75, 3.05) is 25.0 Å². The lowest BCUT2D eigenvalue weighted by atomic mass is 9.71. The van der Waals surface area contributed by atoms with Crippen molar-refractivity contribution < 1.29 is 14.3 Å². The Kier molecular flexibility index (Phi) is 3.87. The molecule has 1 saturated carbocycles. The van der Waals surface area contributed by atoms with Crippen LogP contribution in [-0.2, 0) is 10.2 Å². The van der Waals surface area contributed by atoms with Crippen LogP contribution >= 0.6 is 15.9 Å². The zero-order chi connectivity index (χ0) is 18.9. The number of aliphatic hydroxyl groups excluding tert-OH is 1. The number of likely N-dealkylation sites (tertiary alicyclic amines) is 1. The van der Waals surface area contributed by atoms with E-state index in [4.69, 9.17) is 0 Å². The van der Waals surface area contributed by atoms with E-state index < -0.39 is 5.41 Å². The minimum Gasteiger partial charge on any atom is -0.393 e. The molecule has 1 saturated heterocycles. The minimum atomic E-state index is -0.571. The number of amides is 1. The molecular weight excluding hydrogens is 413 g/mol. The number of aliphatic hydroxyl groups is 1. The molecule has 142 valence electrons. The van der Waals surface area contributed by atoms with E-state index in [0.29, 0.717) is 29.1 Å². The maximum absolute atomic E-state index is 14.0. The van der Waals surface area contributed by atoms with Crippen molar-refractivity contribution in [2.24, 2.45) is 0 Å². The number of fused-ring (bicyclic) bond motifs is 4. The van der Waals surface area contributed by atoms with E-state index in [1.165, 1.54) is 6.07 Å². The Bertz CT molecular complexity index is 952.